The maximum atomic E-state index is 12.8. The number of amides is 1. The lowest BCUT2D eigenvalue weighted by Crippen LogP contribution is -2.29. The molecule has 3 aromatic rings. The van der Waals surface area contributed by atoms with Gasteiger partial charge in [-0.15, -0.1) is 11.3 Å². The van der Waals surface area contributed by atoms with Gasteiger partial charge in [-0.25, -0.2) is 13.1 Å². The van der Waals surface area contributed by atoms with Crippen molar-refractivity contribution in [1.29, 1.82) is 0 Å². The van der Waals surface area contributed by atoms with E-state index < -0.39 is 10.0 Å². The average molecular weight is 449 g/mol. The quantitative estimate of drug-likeness (QED) is 0.591. The minimum absolute atomic E-state index is 0.0381. The predicted octanol–water partition coefficient (Wildman–Crippen LogP) is 2.52. The molecule has 2 aromatic heterocycles. The minimum Gasteiger partial charge on any atom is -0.496 e. The molecule has 0 spiro atoms. The first-order valence-electron chi connectivity index (χ1n) is 9.31. The van der Waals surface area contributed by atoms with Gasteiger partial charge in [0.15, 0.2) is 0 Å². The number of nitrogens with zero attached hydrogens (tertiary/aromatic N) is 3. The van der Waals surface area contributed by atoms with Crippen molar-refractivity contribution in [3.8, 4) is 16.5 Å². The Morgan fingerprint density at radius 3 is 2.80 bits per heavy atom. The Morgan fingerprint density at radius 1 is 1.30 bits per heavy atom. The molecule has 1 saturated heterocycles. The summed E-state index contributed by atoms with van der Waals surface area (Å²) in [6.45, 7) is 1.14. The Balaban J connectivity index is 1.52. The van der Waals surface area contributed by atoms with E-state index in [-0.39, 0.29) is 28.8 Å². The van der Waals surface area contributed by atoms with Gasteiger partial charge in [-0.2, -0.15) is 4.98 Å². The summed E-state index contributed by atoms with van der Waals surface area (Å²) in [6, 6.07) is 7.93. The number of carbonyl (C=O) groups is 1. The third kappa shape index (κ3) is 4.23. The summed E-state index contributed by atoms with van der Waals surface area (Å²) in [5.74, 6) is 0.647. The summed E-state index contributed by atoms with van der Waals surface area (Å²) in [7, 11) is -2.46. The van der Waals surface area contributed by atoms with Crippen LogP contribution in [0.25, 0.3) is 10.7 Å². The minimum atomic E-state index is -3.91. The molecule has 158 valence electrons. The van der Waals surface area contributed by atoms with Crippen LogP contribution in [-0.2, 0) is 16.6 Å². The highest BCUT2D eigenvalue weighted by molar-refractivity contribution is 7.89. The van der Waals surface area contributed by atoms with Gasteiger partial charge in [0.2, 0.25) is 21.7 Å². The highest BCUT2D eigenvalue weighted by Crippen LogP contribution is 2.26. The zero-order valence-electron chi connectivity index (χ0n) is 16.2. The molecule has 0 atom stereocenters. The Bertz CT molecular complexity index is 1140. The number of benzene rings is 1. The van der Waals surface area contributed by atoms with Crippen LogP contribution in [0.5, 0.6) is 5.75 Å². The fraction of sp³-hybridized carbons (Fsp3) is 0.316. The number of sulfonamides is 1. The molecular formula is C19H20N4O5S2. The Hall–Kier alpha value is -2.76. The SMILES string of the molecule is COc1ccc(S(=O)(=O)NCc2nc(-c3cccs3)no2)cc1C(=O)N1CCCC1. The number of hydrogen-bond acceptors (Lipinski definition) is 8. The molecule has 1 aliphatic rings. The molecule has 1 N–H and O–H groups in total. The van der Waals surface area contributed by atoms with E-state index >= 15 is 0 Å². The van der Waals surface area contributed by atoms with Gasteiger partial charge in [-0.3, -0.25) is 4.79 Å². The van der Waals surface area contributed by atoms with Crippen molar-refractivity contribution in [2.75, 3.05) is 20.2 Å². The summed E-state index contributed by atoms with van der Waals surface area (Å²) in [4.78, 5) is 19.5. The van der Waals surface area contributed by atoms with Gasteiger partial charge >= 0.3 is 0 Å². The molecule has 0 bridgehead atoms. The zero-order chi connectivity index (χ0) is 21.1. The first kappa shape index (κ1) is 20.5. The number of nitrogens with one attached hydrogen (secondary N) is 1. The van der Waals surface area contributed by atoms with Gasteiger partial charge < -0.3 is 14.2 Å². The maximum absolute atomic E-state index is 12.8. The molecule has 1 amide bonds. The largest absolute Gasteiger partial charge is 0.496 e. The number of carbonyl (C=O) groups excluding carboxylic acids is 1. The molecular weight excluding hydrogens is 428 g/mol. The normalized spacial score (nSPS) is 14.2. The molecule has 0 radical (unpaired) electrons. The summed E-state index contributed by atoms with van der Waals surface area (Å²) in [5.41, 5.74) is 0.222. The van der Waals surface area contributed by atoms with Crippen LogP contribution in [0.3, 0.4) is 0 Å². The highest BCUT2D eigenvalue weighted by Gasteiger charge is 2.25. The number of likely N-dealkylation sites (tertiary alicyclic amines) is 1. The van der Waals surface area contributed by atoms with Crippen molar-refractivity contribution < 1.29 is 22.5 Å². The van der Waals surface area contributed by atoms with E-state index in [4.69, 9.17) is 9.26 Å². The molecule has 30 heavy (non-hydrogen) atoms. The molecule has 0 aliphatic carbocycles. The molecule has 9 nitrogen and oxygen atoms in total. The molecule has 0 saturated carbocycles. The lowest BCUT2D eigenvalue weighted by atomic mass is 10.1. The number of ether oxygens (including phenoxy) is 1. The van der Waals surface area contributed by atoms with E-state index in [0.29, 0.717) is 24.7 Å². The third-order valence-corrected chi connectivity index (χ3v) is 6.99. The van der Waals surface area contributed by atoms with Crippen LogP contribution in [0, 0.1) is 0 Å². The van der Waals surface area contributed by atoms with Crippen molar-refractivity contribution in [2.24, 2.45) is 0 Å². The van der Waals surface area contributed by atoms with Crippen LogP contribution >= 0.6 is 11.3 Å². The Kier molecular flexibility index (Phi) is 5.84. The number of hydrogen-bond donors (Lipinski definition) is 1. The van der Waals surface area contributed by atoms with E-state index in [1.54, 1.807) is 4.90 Å². The molecule has 0 unspecified atom stereocenters. The molecule has 11 heteroatoms. The number of rotatable bonds is 7. The van der Waals surface area contributed by atoms with Crippen molar-refractivity contribution in [2.45, 2.75) is 24.3 Å². The molecule has 4 rings (SSSR count). The predicted molar refractivity (Wildman–Crippen MR) is 110 cm³/mol. The van der Waals surface area contributed by atoms with Crippen LogP contribution in [0.2, 0.25) is 0 Å². The van der Waals surface area contributed by atoms with Gasteiger partial charge in [0.25, 0.3) is 5.91 Å². The zero-order valence-corrected chi connectivity index (χ0v) is 17.8. The van der Waals surface area contributed by atoms with E-state index in [0.717, 1.165) is 17.7 Å². The highest BCUT2D eigenvalue weighted by atomic mass is 32.2. The lowest BCUT2D eigenvalue weighted by Gasteiger charge is -2.18. The topological polar surface area (TPSA) is 115 Å². The second-order valence-corrected chi connectivity index (χ2v) is 9.39. The van der Waals surface area contributed by atoms with Crippen molar-refractivity contribution in [3.63, 3.8) is 0 Å². The summed E-state index contributed by atoms with van der Waals surface area (Å²) >= 11 is 1.46. The average Bonchev–Trinajstić information content (AvgIpc) is 3.53. The maximum Gasteiger partial charge on any atom is 0.257 e. The number of methoxy groups -OCH3 is 1. The molecule has 3 heterocycles. The van der Waals surface area contributed by atoms with Crippen LogP contribution in [0.1, 0.15) is 29.1 Å². The van der Waals surface area contributed by atoms with E-state index in [1.165, 1.54) is 36.6 Å². The second-order valence-electron chi connectivity index (χ2n) is 6.67. The number of thiophene rings is 1. The third-order valence-electron chi connectivity index (χ3n) is 4.73. The monoisotopic (exact) mass is 448 g/mol. The van der Waals surface area contributed by atoms with E-state index in [1.807, 2.05) is 17.5 Å². The van der Waals surface area contributed by atoms with Crippen LogP contribution in [-0.4, -0.2) is 49.6 Å². The second kappa shape index (κ2) is 8.54. The van der Waals surface area contributed by atoms with Crippen molar-refractivity contribution >= 4 is 27.3 Å². The van der Waals surface area contributed by atoms with Crippen LogP contribution < -0.4 is 9.46 Å². The van der Waals surface area contributed by atoms with E-state index in [9.17, 15) is 13.2 Å². The lowest BCUT2D eigenvalue weighted by molar-refractivity contribution is 0.0789. The summed E-state index contributed by atoms with van der Waals surface area (Å²) in [6.07, 6.45) is 1.87. The first-order chi connectivity index (χ1) is 14.5. The van der Waals surface area contributed by atoms with Crippen LogP contribution in [0.4, 0.5) is 0 Å². The van der Waals surface area contributed by atoms with Crippen molar-refractivity contribution in [1.82, 2.24) is 19.8 Å². The van der Waals surface area contributed by atoms with Crippen LogP contribution in [0.15, 0.2) is 45.1 Å². The molecule has 1 fully saturated rings. The molecule has 1 aliphatic heterocycles. The standard InChI is InChI=1S/C19H20N4O5S2/c1-27-15-7-6-13(11-14(15)19(24)23-8-2-3-9-23)30(25,26)20-12-17-21-18(22-28-17)16-5-4-10-29-16/h4-7,10-11,20H,2-3,8-9,12H2,1H3. The van der Waals surface area contributed by atoms with Gasteiger partial charge in [0, 0.05) is 13.1 Å². The smallest absolute Gasteiger partial charge is 0.257 e. The molecule has 1 aromatic carbocycles. The van der Waals surface area contributed by atoms with Gasteiger partial charge in [0.05, 0.1) is 29.0 Å². The van der Waals surface area contributed by atoms with Crippen molar-refractivity contribution in [3.05, 3.63) is 47.2 Å². The number of aromatic nitrogens is 2. The summed E-state index contributed by atoms with van der Waals surface area (Å²) < 4.78 is 38.4. The first-order valence-corrected chi connectivity index (χ1v) is 11.7. The fourth-order valence-corrected chi connectivity index (χ4v) is 4.83. The Morgan fingerprint density at radius 2 is 2.10 bits per heavy atom. The van der Waals surface area contributed by atoms with Gasteiger partial charge in [0.1, 0.15) is 5.75 Å². The Labute approximate surface area is 177 Å². The summed E-state index contributed by atoms with van der Waals surface area (Å²) in [5, 5.41) is 5.75. The fourth-order valence-electron chi connectivity index (χ4n) is 3.18. The van der Waals surface area contributed by atoms with Gasteiger partial charge in [-0.05, 0) is 42.5 Å². The van der Waals surface area contributed by atoms with E-state index in [2.05, 4.69) is 14.9 Å². The van der Waals surface area contributed by atoms with Gasteiger partial charge in [-0.1, -0.05) is 11.2 Å².